The van der Waals surface area contributed by atoms with Gasteiger partial charge in [-0.2, -0.15) is 0 Å². The zero-order chi connectivity index (χ0) is 11.8. The number of rotatable bonds is 1. The van der Waals surface area contributed by atoms with E-state index in [0.29, 0.717) is 6.04 Å². The molecule has 0 amide bonds. The van der Waals surface area contributed by atoms with Gasteiger partial charge in [0, 0.05) is 27.7 Å². The maximum absolute atomic E-state index is 4.52. The molecule has 0 bridgehead atoms. The van der Waals surface area contributed by atoms with Crippen molar-refractivity contribution in [2.24, 2.45) is 4.99 Å². The third-order valence-electron chi connectivity index (χ3n) is 2.88. The second-order valence-corrected chi connectivity index (χ2v) is 5.08. The number of hydrogen-bond donors (Lipinski definition) is 1. The van der Waals surface area contributed by atoms with Crippen molar-refractivity contribution in [2.45, 2.75) is 13.0 Å². The number of hydrogen-bond acceptors (Lipinski definition) is 3. The van der Waals surface area contributed by atoms with Crippen LogP contribution in [0.5, 0.6) is 0 Å². The summed E-state index contributed by atoms with van der Waals surface area (Å²) >= 11 is 3.55. The fourth-order valence-electron chi connectivity index (χ4n) is 2.04. The third kappa shape index (κ3) is 1.82. The summed E-state index contributed by atoms with van der Waals surface area (Å²) in [6, 6.07) is 8.53. The molecule has 2 heterocycles. The lowest BCUT2D eigenvalue weighted by molar-refractivity contribution is 0.726. The van der Waals surface area contributed by atoms with Crippen LogP contribution in [0.25, 0.3) is 10.9 Å². The number of aromatic nitrogens is 1. The number of pyridine rings is 1. The molecule has 1 aliphatic heterocycles. The fourth-order valence-corrected chi connectivity index (χ4v) is 2.50. The lowest BCUT2D eigenvalue weighted by Gasteiger charge is -2.09. The summed E-state index contributed by atoms with van der Waals surface area (Å²) in [6.45, 7) is 2.96. The first-order chi connectivity index (χ1) is 8.25. The Morgan fingerprint density at radius 2 is 2.24 bits per heavy atom. The predicted octanol–water partition coefficient (Wildman–Crippen LogP) is 2.74. The molecule has 4 heteroatoms. The van der Waals surface area contributed by atoms with Crippen LogP contribution >= 0.6 is 15.9 Å². The van der Waals surface area contributed by atoms with Gasteiger partial charge in [-0.1, -0.05) is 22.0 Å². The summed E-state index contributed by atoms with van der Waals surface area (Å²) in [5.74, 6) is 0.953. The Labute approximate surface area is 108 Å². The van der Waals surface area contributed by atoms with Gasteiger partial charge in [-0.25, -0.2) is 0 Å². The van der Waals surface area contributed by atoms with Crippen molar-refractivity contribution >= 4 is 32.7 Å². The maximum Gasteiger partial charge on any atom is 0.130 e. The highest BCUT2D eigenvalue weighted by atomic mass is 79.9. The second kappa shape index (κ2) is 4.11. The Bertz CT molecular complexity index is 607. The molecular formula is C13H12BrN3. The Hall–Kier alpha value is -1.42. The molecule has 1 atom stereocenters. The van der Waals surface area contributed by atoms with Crippen molar-refractivity contribution in [3.05, 3.63) is 40.5 Å². The normalized spacial score (nSPS) is 19.2. The number of halogens is 1. The molecule has 17 heavy (non-hydrogen) atoms. The Kier molecular flexibility index (Phi) is 2.59. The quantitative estimate of drug-likeness (QED) is 0.877. The lowest BCUT2D eigenvalue weighted by Crippen LogP contribution is -2.27. The van der Waals surface area contributed by atoms with E-state index in [9.17, 15) is 0 Å². The summed E-state index contributed by atoms with van der Waals surface area (Å²) in [6.07, 6.45) is 1.82. The van der Waals surface area contributed by atoms with Crippen LogP contribution in [0.2, 0.25) is 0 Å². The second-order valence-electron chi connectivity index (χ2n) is 4.23. The van der Waals surface area contributed by atoms with Crippen LogP contribution in [0.1, 0.15) is 12.5 Å². The number of nitrogens with zero attached hydrogens (tertiary/aromatic N) is 2. The number of aliphatic imine (C=N–C) groups is 1. The molecule has 0 radical (unpaired) electrons. The summed E-state index contributed by atoms with van der Waals surface area (Å²) in [4.78, 5) is 8.98. The average Bonchev–Trinajstić information content (AvgIpc) is 2.77. The minimum absolute atomic E-state index is 0.410. The van der Waals surface area contributed by atoms with Gasteiger partial charge in [0.05, 0.1) is 12.1 Å². The Morgan fingerprint density at radius 1 is 1.35 bits per heavy atom. The topological polar surface area (TPSA) is 37.3 Å². The zero-order valence-corrected chi connectivity index (χ0v) is 11.0. The van der Waals surface area contributed by atoms with E-state index in [4.69, 9.17) is 0 Å². The van der Waals surface area contributed by atoms with Crippen molar-refractivity contribution in [1.82, 2.24) is 10.3 Å². The highest BCUT2D eigenvalue weighted by molar-refractivity contribution is 9.10. The van der Waals surface area contributed by atoms with Gasteiger partial charge in [0.15, 0.2) is 0 Å². The molecule has 0 aliphatic carbocycles. The molecular weight excluding hydrogens is 278 g/mol. The first kappa shape index (κ1) is 10.7. The fraction of sp³-hybridized carbons (Fsp3) is 0.231. The van der Waals surface area contributed by atoms with E-state index in [-0.39, 0.29) is 0 Å². The first-order valence-electron chi connectivity index (χ1n) is 5.60. The van der Waals surface area contributed by atoms with Crippen LogP contribution in [-0.4, -0.2) is 23.4 Å². The minimum atomic E-state index is 0.410. The monoisotopic (exact) mass is 289 g/mol. The van der Waals surface area contributed by atoms with Gasteiger partial charge in [0.1, 0.15) is 5.84 Å². The zero-order valence-electron chi connectivity index (χ0n) is 9.44. The molecule has 3 nitrogen and oxygen atoms in total. The van der Waals surface area contributed by atoms with Gasteiger partial charge in [-0.15, -0.1) is 0 Å². The van der Waals surface area contributed by atoms with Crippen molar-refractivity contribution in [2.75, 3.05) is 6.54 Å². The van der Waals surface area contributed by atoms with Crippen LogP contribution < -0.4 is 5.32 Å². The van der Waals surface area contributed by atoms with E-state index >= 15 is 0 Å². The predicted molar refractivity (Wildman–Crippen MR) is 73.4 cm³/mol. The van der Waals surface area contributed by atoms with Gasteiger partial charge in [-0.05, 0) is 25.1 Å². The highest BCUT2D eigenvalue weighted by Gasteiger charge is 2.17. The van der Waals surface area contributed by atoms with Crippen molar-refractivity contribution < 1.29 is 0 Å². The van der Waals surface area contributed by atoms with E-state index in [1.165, 1.54) is 0 Å². The van der Waals surface area contributed by atoms with Crippen molar-refractivity contribution in [1.29, 1.82) is 0 Å². The number of benzene rings is 1. The molecule has 2 aromatic rings. The molecule has 86 valence electrons. The van der Waals surface area contributed by atoms with Crippen LogP contribution in [0, 0.1) is 0 Å². The molecule has 1 unspecified atom stereocenters. The minimum Gasteiger partial charge on any atom is -0.365 e. The largest absolute Gasteiger partial charge is 0.365 e. The average molecular weight is 290 g/mol. The van der Waals surface area contributed by atoms with Gasteiger partial charge in [0.25, 0.3) is 0 Å². The standard InChI is InChI=1S/C13H12BrN3/c1-8-7-16-13(17-8)10-4-5-11(14)9-3-2-6-15-12(9)10/h2-6,8H,7H2,1H3,(H,16,17). The molecule has 3 rings (SSSR count). The molecule has 0 fully saturated rings. The van der Waals surface area contributed by atoms with E-state index in [0.717, 1.165) is 33.3 Å². The van der Waals surface area contributed by atoms with Crippen molar-refractivity contribution in [3.63, 3.8) is 0 Å². The lowest BCUT2D eigenvalue weighted by atomic mass is 10.1. The molecule has 1 aromatic carbocycles. The van der Waals surface area contributed by atoms with E-state index in [1.54, 1.807) is 0 Å². The Morgan fingerprint density at radius 3 is 3.00 bits per heavy atom. The summed E-state index contributed by atoms with van der Waals surface area (Å²) in [7, 11) is 0. The van der Waals surface area contributed by atoms with Crippen LogP contribution in [-0.2, 0) is 0 Å². The third-order valence-corrected chi connectivity index (χ3v) is 3.57. The smallest absolute Gasteiger partial charge is 0.130 e. The molecule has 0 spiro atoms. The highest BCUT2D eigenvalue weighted by Crippen LogP contribution is 2.25. The van der Waals surface area contributed by atoms with Gasteiger partial charge >= 0.3 is 0 Å². The van der Waals surface area contributed by atoms with E-state index < -0.39 is 0 Å². The number of fused-ring (bicyclic) bond motifs is 1. The number of nitrogens with one attached hydrogen (secondary N) is 1. The molecule has 0 saturated heterocycles. The van der Waals surface area contributed by atoms with E-state index in [2.05, 4.69) is 50.3 Å². The van der Waals surface area contributed by atoms with Crippen molar-refractivity contribution in [3.8, 4) is 0 Å². The van der Waals surface area contributed by atoms with Gasteiger partial charge in [0.2, 0.25) is 0 Å². The summed E-state index contributed by atoms with van der Waals surface area (Å²) in [5, 5.41) is 4.50. The van der Waals surface area contributed by atoms with Gasteiger partial charge < -0.3 is 5.32 Å². The molecule has 0 saturated carbocycles. The number of amidine groups is 1. The SMILES string of the molecule is CC1CN=C(c2ccc(Br)c3cccnc23)N1. The summed E-state index contributed by atoms with van der Waals surface area (Å²) in [5.41, 5.74) is 2.07. The maximum atomic E-state index is 4.52. The van der Waals surface area contributed by atoms with Crippen LogP contribution in [0.3, 0.4) is 0 Å². The van der Waals surface area contributed by atoms with E-state index in [1.807, 2.05) is 18.3 Å². The Balaban J connectivity index is 2.21. The summed E-state index contributed by atoms with van der Waals surface area (Å²) < 4.78 is 1.07. The first-order valence-corrected chi connectivity index (χ1v) is 6.39. The molecule has 1 N–H and O–H groups in total. The van der Waals surface area contributed by atoms with Gasteiger partial charge in [-0.3, -0.25) is 9.98 Å². The van der Waals surface area contributed by atoms with Crippen LogP contribution in [0.15, 0.2) is 39.9 Å². The molecule has 1 aliphatic rings. The molecule has 1 aromatic heterocycles. The van der Waals surface area contributed by atoms with Crippen LogP contribution in [0.4, 0.5) is 0 Å².